The fourth-order valence-corrected chi connectivity index (χ4v) is 6.39. The topological polar surface area (TPSA) is 112 Å². The number of hydrogen-bond acceptors (Lipinski definition) is 8. The number of carbonyl (C=O) groups excluding carboxylic acids is 1. The van der Waals surface area contributed by atoms with Gasteiger partial charge in [0, 0.05) is 27.2 Å². The standard InChI is InChI=1S/C35H41F2NO8S/c1-23(2)19-38(47(41,42)28-12-13-30(36)31(37)18-28)20-32(39)26(17-34(40)46-33-22-45-35-29(33)14-15-43-35)16-24-8-10-27(11-9-24)44-21-25-6-4-3-5-7-25/h3-13,18,23,26,29,32-33,35,39H,14-17,19-22H2,1-2H3/t26-,29+,32-,33+,35-/m1/s1/i1D3,19D2,21D2,22D2,23D,33D/t23?,26-,29+,32-,33+,35-. The number of sulfonamides is 1. The fraction of sp³-hybridized carbons (Fsp3) is 0.457. The van der Waals surface area contributed by atoms with E-state index in [1.807, 2.05) is 0 Å². The van der Waals surface area contributed by atoms with E-state index in [4.69, 9.17) is 34.0 Å². The lowest BCUT2D eigenvalue weighted by atomic mass is 9.90. The van der Waals surface area contributed by atoms with E-state index < -0.39 is 108 Å². The highest BCUT2D eigenvalue weighted by atomic mass is 32.2. The van der Waals surface area contributed by atoms with Crippen LogP contribution in [0, 0.1) is 29.4 Å². The normalized spacial score (nSPS) is 28.9. The van der Waals surface area contributed by atoms with Crippen LogP contribution in [0.2, 0.25) is 0 Å². The van der Waals surface area contributed by atoms with Gasteiger partial charge in [-0.15, -0.1) is 0 Å². The van der Waals surface area contributed by atoms with Crippen LogP contribution in [0.15, 0.2) is 77.7 Å². The minimum atomic E-state index is -5.43. The maximum atomic E-state index is 14.3. The molecule has 0 amide bonds. The second-order valence-corrected chi connectivity index (χ2v) is 12.9. The van der Waals surface area contributed by atoms with Gasteiger partial charge in [-0.1, -0.05) is 56.2 Å². The number of hydrogen-bond donors (Lipinski definition) is 1. The second kappa shape index (κ2) is 15.7. The van der Waals surface area contributed by atoms with Gasteiger partial charge in [-0.25, -0.2) is 17.2 Å². The molecule has 0 saturated carbocycles. The summed E-state index contributed by atoms with van der Waals surface area (Å²) in [5.41, 5.74) is 0.519. The Labute approximate surface area is 289 Å². The number of fused-ring (bicyclic) bond motifs is 1. The SMILES string of the molecule is [2H]C([2H])(Oc1ccc(C[C@H](CC(=O)O[C@]2([2H])[C@@H]3CCO[C@@H]3OC2([2H])[2H])[C@H](O)CN(C([2H])([2H])C([2H])(C)C([2H])([2H])[2H])S(=O)(=O)c2ccc(F)c(F)c2)cc1)c1ccccc1. The van der Waals surface area contributed by atoms with Crippen LogP contribution in [0.5, 0.6) is 5.75 Å². The fourth-order valence-electron chi connectivity index (χ4n) is 5.04. The predicted octanol–water partition coefficient (Wildman–Crippen LogP) is 5.11. The van der Waals surface area contributed by atoms with Crippen molar-refractivity contribution in [1.82, 2.24) is 4.31 Å². The number of aliphatic hydroxyl groups is 1. The molecular formula is C35H41F2NO8S. The summed E-state index contributed by atoms with van der Waals surface area (Å²) in [6, 6.07) is 14.7. The lowest BCUT2D eigenvalue weighted by molar-refractivity contribution is -0.153. The third kappa shape index (κ3) is 9.14. The molecular weight excluding hydrogens is 632 g/mol. The number of rotatable bonds is 15. The van der Waals surface area contributed by atoms with Crippen molar-refractivity contribution in [2.24, 2.45) is 17.7 Å². The minimum Gasteiger partial charge on any atom is -0.489 e. The van der Waals surface area contributed by atoms with Crippen molar-refractivity contribution in [3.8, 4) is 5.75 Å². The molecule has 1 N–H and O–H groups in total. The number of halogens is 2. The minimum absolute atomic E-state index is 0.0541. The van der Waals surface area contributed by atoms with E-state index in [1.165, 1.54) is 36.4 Å². The predicted molar refractivity (Wildman–Crippen MR) is 169 cm³/mol. The van der Waals surface area contributed by atoms with Gasteiger partial charge in [0.25, 0.3) is 0 Å². The first kappa shape index (κ1) is 23.0. The zero-order valence-corrected chi connectivity index (χ0v) is 26.0. The Morgan fingerprint density at radius 2 is 1.91 bits per heavy atom. The molecule has 9 nitrogen and oxygen atoms in total. The van der Waals surface area contributed by atoms with Gasteiger partial charge in [-0.2, -0.15) is 4.31 Å². The molecule has 1 unspecified atom stereocenters. The maximum Gasteiger partial charge on any atom is 0.306 e. The lowest BCUT2D eigenvalue weighted by Gasteiger charge is -2.30. The van der Waals surface area contributed by atoms with Crippen molar-refractivity contribution in [2.45, 2.75) is 63.0 Å². The summed E-state index contributed by atoms with van der Waals surface area (Å²) in [7, 11) is -5.43. The van der Waals surface area contributed by atoms with Crippen LogP contribution in [0.4, 0.5) is 8.78 Å². The summed E-state index contributed by atoms with van der Waals surface area (Å²) in [5, 5.41) is 11.8. The van der Waals surface area contributed by atoms with E-state index in [0.717, 1.165) is 0 Å². The lowest BCUT2D eigenvalue weighted by Crippen LogP contribution is -2.43. The molecule has 3 aromatic carbocycles. The van der Waals surface area contributed by atoms with Gasteiger partial charge in [0.05, 0.1) is 43.4 Å². The first-order valence-corrected chi connectivity index (χ1v) is 16.1. The molecule has 2 heterocycles. The number of aliphatic hydroxyl groups excluding tert-OH is 1. The Bertz CT molecular complexity index is 2060. The molecule has 0 aliphatic carbocycles. The Balaban J connectivity index is 1.50. The number of nitrogens with zero attached hydrogens (tertiary/aromatic N) is 1. The quantitative estimate of drug-likeness (QED) is 0.220. The molecule has 0 spiro atoms. The van der Waals surface area contributed by atoms with Crippen LogP contribution in [0.1, 0.15) is 52.8 Å². The molecule has 0 radical (unpaired) electrons. The molecule has 3 aromatic rings. The van der Waals surface area contributed by atoms with E-state index in [1.54, 1.807) is 18.2 Å². The van der Waals surface area contributed by atoms with Crippen LogP contribution in [-0.4, -0.2) is 68.5 Å². The van der Waals surface area contributed by atoms with Gasteiger partial charge in [-0.05, 0) is 60.2 Å². The van der Waals surface area contributed by atoms with E-state index in [9.17, 15) is 27.1 Å². The van der Waals surface area contributed by atoms with Crippen LogP contribution in [0.3, 0.4) is 0 Å². The molecule has 12 heteroatoms. The van der Waals surface area contributed by atoms with E-state index in [2.05, 4.69) is 0 Å². The van der Waals surface area contributed by atoms with Gasteiger partial charge in [-0.3, -0.25) is 4.79 Å². The molecule has 0 bridgehead atoms. The number of benzene rings is 3. The van der Waals surface area contributed by atoms with Gasteiger partial charge in [0.2, 0.25) is 10.0 Å². The maximum absolute atomic E-state index is 14.3. The van der Waals surface area contributed by atoms with Crippen LogP contribution >= 0.6 is 0 Å². The molecule has 47 heavy (non-hydrogen) atoms. The van der Waals surface area contributed by atoms with Crippen molar-refractivity contribution in [3.05, 3.63) is 95.6 Å². The molecule has 5 rings (SSSR count). The molecule has 2 saturated heterocycles. The second-order valence-electron chi connectivity index (χ2n) is 11.0. The van der Waals surface area contributed by atoms with E-state index in [-0.39, 0.29) is 41.1 Å². The Kier molecular flexibility index (Phi) is 7.67. The highest BCUT2D eigenvalue weighted by molar-refractivity contribution is 7.89. The summed E-state index contributed by atoms with van der Waals surface area (Å²) in [6.45, 7) is -13.0. The summed E-state index contributed by atoms with van der Waals surface area (Å²) in [6.07, 6.45) is -7.13. The van der Waals surface area contributed by atoms with Gasteiger partial charge in [0.1, 0.15) is 18.4 Å². The average Bonchev–Trinajstić information content (AvgIpc) is 3.66. The van der Waals surface area contributed by atoms with Crippen molar-refractivity contribution in [1.29, 1.82) is 0 Å². The highest BCUT2D eigenvalue weighted by Crippen LogP contribution is 2.34. The largest absolute Gasteiger partial charge is 0.489 e. The summed E-state index contributed by atoms with van der Waals surface area (Å²) in [5.74, 6) is -10.2. The smallest absolute Gasteiger partial charge is 0.306 e. The number of esters is 1. The number of carbonyl (C=O) groups is 1. The van der Waals surface area contributed by atoms with Crippen molar-refractivity contribution in [2.75, 3.05) is 26.2 Å². The molecule has 0 aromatic heterocycles. The van der Waals surface area contributed by atoms with Crippen molar-refractivity contribution in [3.63, 3.8) is 0 Å². The zero-order valence-electron chi connectivity index (χ0n) is 36.2. The Morgan fingerprint density at radius 1 is 1.15 bits per heavy atom. The van der Waals surface area contributed by atoms with Crippen LogP contribution < -0.4 is 4.74 Å². The number of ether oxygens (including phenoxy) is 4. The summed E-state index contributed by atoms with van der Waals surface area (Å²) in [4.78, 5) is 12.6. The van der Waals surface area contributed by atoms with E-state index in [0.29, 0.717) is 24.6 Å². The highest BCUT2D eigenvalue weighted by Gasteiger charge is 2.44. The average molecular weight is 685 g/mol. The van der Waals surface area contributed by atoms with Gasteiger partial charge >= 0.3 is 5.97 Å². The summed E-state index contributed by atoms with van der Waals surface area (Å²) < 4.78 is 169. The van der Waals surface area contributed by atoms with Crippen LogP contribution in [0.25, 0.3) is 0 Å². The van der Waals surface area contributed by atoms with E-state index >= 15 is 0 Å². The first-order valence-electron chi connectivity index (χ1n) is 20.1. The van der Waals surface area contributed by atoms with Crippen molar-refractivity contribution >= 4 is 16.0 Å². The summed E-state index contributed by atoms with van der Waals surface area (Å²) >= 11 is 0. The zero-order chi connectivity index (χ0) is 43.3. The molecule has 2 aliphatic heterocycles. The van der Waals surface area contributed by atoms with Crippen LogP contribution in [-0.2, 0) is 42.0 Å². The molecule has 6 atom stereocenters. The molecule has 254 valence electrons. The third-order valence-electron chi connectivity index (χ3n) is 7.45. The Morgan fingerprint density at radius 3 is 2.64 bits per heavy atom. The van der Waals surface area contributed by atoms with Gasteiger partial charge < -0.3 is 24.1 Å². The molecule has 2 aliphatic rings. The Hall–Kier alpha value is -3.42. The van der Waals surface area contributed by atoms with Crippen molar-refractivity contribution < 1.29 is 61.1 Å². The third-order valence-corrected chi connectivity index (χ3v) is 9.13. The monoisotopic (exact) mass is 684 g/mol. The molecule has 2 fully saturated rings. The first-order chi connectivity index (χ1) is 26.6. The van der Waals surface area contributed by atoms with Gasteiger partial charge in [0.15, 0.2) is 17.9 Å².